The highest BCUT2D eigenvalue weighted by Crippen LogP contribution is 2.36. The van der Waals surface area contributed by atoms with Gasteiger partial charge in [-0.25, -0.2) is 0 Å². The zero-order chi connectivity index (χ0) is 8.39. The number of hydrogen-bond donors (Lipinski definition) is 1. The maximum absolute atomic E-state index is 9.15. The topological polar surface area (TPSA) is 29.5 Å². The third-order valence-electron chi connectivity index (χ3n) is 3.34. The largest absolute Gasteiger partial charge is 0.396 e. The quantitative estimate of drug-likeness (QED) is 0.647. The first kappa shape index (κ1) is 8.52. The van der Waals surface area contributed by atoms with Crippen LogP contribution in [0.3, 0.4) is 0 Å². The molecule has 3 atom stereocenters. The van der Waals surface area contributed by atoms with Crippen molar-refractivity contribution in [3.63, 3.8) is 0 Å². The first-order valence-electron chi connectivity index (χ1n) is 5.14. The standard InChI is InChI=1S/C10H18O2/c11-7-9-4-1-3-8-5-2-6-12-10(8)9/h8-11H,1-7H2. The van der Waals surface area contributed by atoms with Gasteiger partial charge in [-0.1, -0.05) is 6.42 Å². The van der Waals surface area contributed by atoms with Crippen molar-refractivity contribution in [2.75, 3.05) is 13.2 Å². The smallest absolute Gasteiger partial charge is 0.0653 e. The van der Waals surface area contributed by atoms with E-state index in [1.807, 2.05) is 0 Å². The Morgan fingerprint density at radius 3 is 2.83 bits per heavy atom. The molecule has 12 heavy (non-hydrogen) atoms. The van der Waals surface area contributed by atoms with Crippen molar-refractivity contribution in [3.05, 3.63) is 0 Å². The highest BCUT2D eigenvalue weighted by atomic mass is 16.5. The molecular formula is C10H18O2. The van der Waals surface area contributed by atoms with Crippen LogP contribution in [0.4, 0.5) is 0 Å². The van der Waals surface area contributed by atoms with Crippen molar-refractivity contribution in [1.82, 2.24) is 0 Å². The summed E-state index contributed by atoms with van der Waals surface area (Å²) in [6, 6.07) is 0. The van der Waals surface area contributed by atoms with Crippen LogP contribution in [0.2, 0.25) is 0 Å². The van der Waals surface area contributed by atoms with Crippen LogP contribution in [-0.2, 0) is 4.74 Å². The number of fused-ring (bicyclic) bond motifs is 1. The summed E-state index contributed by atoms with van der Waals surface area (Å²) in [4.78, 5) is 0. The molecule has 0 bridgehead atoms. The molecular weight excluding hydrogens is 152 g/mol. The van der Waals surface area contributed by atoms with E-state index in [1.165, 1.54) is 25.7 Å². The Labute approximate surface area is 73.9 Å². The lowest BCUT2D eigenvalue weighted by atomic mass is 9.76. The molecule has 0 radical (unpaired) electrons. The van der Waals surface area contributed by atoms with Crippen LogP contribution in [-0.4, -0.2) is 24.4 Å². The molecule has 2 rings (SSSR count). The summed E-state index contributed by atoms with van der Waals surface area (Å²) < 4.78 is 5.73. The third kappa shape index (κ3) is 1.50. The lowest BCUT2D eigenvalue weighted by Gasteiger charge is -2.40. The van der Waals surface area contributed by atoms with Crippen LogP contribution >= 0.6 is 0 Å². The predicted molar refractivity (Wildman–Crippen MR) is 46.9 cm³/mol. The normalized spacial score (nSPS) is 42.2. The van der Waals surface area contributed by atoms with Gasteiger partial charge in [0, 0.05) is 19.1 Å². The van der Waals surface area contributed by atoms with E-state index in [0.29, 0.717) is 18.6 Å². The Balaban J connectivity index is 1.99. The van der Waals surface area contributed by atoms with Crippen molar-refractivity contribution in [1.29, 1.82) is 0 Å². The number of aliphatic hydroxyl groups is 1. The minimum atomic E-state index is 0.321. The van der Waals surface area contributed by atoms with Crippen LogP contribution in [0.1, 0.15) is 32.1 Å². The second kappa shape index (κ2) is 3.75. The predicted octanol–water partition coefficient (Wildman–Crippen LogP) is 1.57. The van der Waals surface area contributed by atoms with Crippen LogP contribution in [0, 0.1) is 11.8 Å². The van der Waals surface area contributed by atoms with Crippen LogP contribution in [0.5, 0.6) is 0 Å². The molecule has 0 amide bonds. The van der Waals surface area contributed by atoms with E-state index in [9.17, 15) is 0 Å². The average Bonchev–Trinajstić information content (AvgIpc) is 2.17. The molecule has 0 spiro atoms. The molecule has 0 aromatic rings. The monoisotopic (exact) mass is 170 g/mol. The maximum Gasteiger partial charge on any atom is 0.0653 e. The molecule has 2 aliphatic rings. The summed E-state index contributed by atoms with van der Waals surface area (Å²) in [6.45, 7) is 1.23. The van der Waals surface area contributed by atoms with E-state index in [0.717, 1.165) is 18.9 Å². The van der Waals surface area contributed by atoms with Gasteiger partial charge < -0.3 is 9.84 Å². The molecule has 2 fully saturated rings. The van der Waals surface area contributed by atoms with E-state index in [1.54, 1.807) is 0 Å². The van der Waals surface area contributed by atoms with Gasteiger partial charge in [0.05, 0.1) is 6.10 Å². The van der Waals surface area contributed by atoms with E-state index in [2.05, 4.69) is 0 Å². The molecule has 2 heteroatoms. The Morgan fingerprint density at radius 2 is 2.00 bits per heavy atom. The van der Waals surface area contributed by atoms with Gasteiger partial charge >= 0.3 is 0 Å². The van der Waals surface area contributed by atoms with E-state index >= 15 is 0 Å². The van der Waals surface area contributed by atoms with Gasteiger partial charge in [0.1, 0.15) is 0 Å². The summed E-state index contributed by atoms with van der Waals surface area (Å²) in [5.74, 6) is 1.19. The maximum atomic E-state index is 9.15. The third-order valence-corrected chi connectivity index (χ3v) is 3.34. The van der Waals surface area contributed by atoms with Gasteiger partial charge in [0.25, 0.3) is 0 Å². The average molecular weight is 170 g/mol. The highest BCUT2D eigenvalue weighted by molar-refractivity contribution is 4.84. The minimum Gasteiger partial charge on any atom is -0.396 e. The highest BCUT2D eigenvalue weighted by Gasteiger charge is 2.35. The summed E-state index contributed by atoms with van der Waals surface area (Å²) in [5, 5.41) is 9.15. The van der Waals surface area contributed by atoms with Crippen molar-refractivity contribution in [2.24, 2.45) is 11.8 Å². The second-order valence-corrected chi connectivity index (χ2v) is 4.11. The zero-order valence-corrected chi connectivity index (χ0v) is 7.54. The van der Waals surface area contributed by atoms with Gasteiger partial charge in [-0.3, -0.25) is 0 Å². The molecule has 1 saturated heterocycles. The molecule has 2 nitrogen and oxygen atoms in total. The summed E-state index contributed by atoms with van der Waals surface area (Å²) in [5.41, 5.74) is 0. The second-order valence-electron chi connectivity index (χ2n) is 4.11. The lowest BCUT2D eigenvalue weighted by Crippen LogP contribution is -2.40. The van der Waals surface area contributed by atoms with E-state index in [4.69, 9.17) is 9.84 Å². The Morgan fingerprint density at radius 1 is 1.17 bits per heavy atom. The molecule has 0 aromatic heterocycles. The molecule has 1 N–H and O–H groups in total. The molecule has 70 valence electrons. The number of rotatable bonds is 1. The fraction of sp³-hybridized carbons (Fsp3) is 1.00. The SMILES string of the molecule is OCC1CCCC2CCCOC12. The molecule has 3 unspecified atom stereocenters. The first-order chi connectivity index (χ1) is 5.92. The lowest BCUT2D eigenvalue weighted by molar-refractivity contribution is -0.0915. The van der Waals surface area contributed by atoms with Crippen LogP contribution < -0.4 is 0 Å². The molecule has 1 saturated carbocycles. The van der Waals surface area contributed by atoms with Crippen LogP contribution in [0.25, 0.3) is 0 Å². The van der Waals surface area contributed by atoms with Gasteiger partial charge in [-0.15, -0.1) is 0 Å². The van der Waals surface area contributed by atoms with Crippen molar-refractivity contribution in [2.45, 2.75) is 38.2 Å². The van der Waals surface area contributed by atoms with Crippen molar-refractivity contribution < 1.29 is 9.84 Å². The van der Waals surface area contributed by atoms with Crippen molar-refractivity contribution >= 4 is 0 Å². The van der Waals surface area contributed by atoms with E-state index in [-0.39, 0.29) is 0 Å². The summed E-state index contributed by atoms with van der Waals surface area (Å²) >= 11 is 0. The molecule has 1 aliphatic carbocycles. The van der Waals surface area contributed by atoms with Gasteiger partial charge in [-0.2, -0.15) is 0 Å². The Bertz CT molecular complexity index is 138. The summed E-state index contributed by atoms with van der Waals surface area (Å²) in [6.07, 6.45) is 6.70. The minimum absolute atomic E-state index is 0.321. The fourth-order valence-electron chi connectivity index (χ4n) is 2.70. The first-order valence-corrected chi connectivity index (χ1v) is 5.14. The number of ether oxygens (including phenoxy) is 1. The molecule has 0 aromatic carbocycles. The zero-order valence-electron chi connectivity index (χ0n) is 7.54. The van der Waals surface area contributed by atoms with Gasteiger partial charge in [0.2, 0.25) is 0 Å². The summed E-state index contributed by atoms with van der Waals surface area (Å²) in [7, 11) is 0. The van der Waals surface area contributed by atoms with Crippen LogP contribution in [0.15, 0.2) is 0 Å². The van der Waals surface area contributed by atoms with Gasteiger partial charge in [-0.05, 0) is 31.6 Å². The van der Waals surface area contributed by atoms with E-state index < -0.39 is 0 Å². The molecule has 1 heterocycles. The van der Waals surface area contributed by atoms with Crippen molar-refractivity contribution in [3.8, 4) is 0 Å². The Hall–Kier alpha value is -0.0800. The fourth-order valence-corrected chi connectivity index (χ4v) is 2.70. The molecule has 1 aliphatic heterocycles. The Kier molecular flexibility index (Phi) is 2.66. The van der Waals surface area contributed by atoms with Gasteiger partial charge in [0.15, 0.2) is 0 Å². The number of aliphatic hydroxyl groups excluding tert-OH is 1. The number of hydrogen-bond acceptors (Lipinski definition) is 2.